The second kappa shape index (κ2) is 26.7. The Morgan fingerprint density at radius 1 is 0.648 bits per heavy atom. The zero-order chi connectivity index (χ0) is 51.6. The van der Waals surface area contributed by atoms with E-state index in [0.29, 0.717) is 49.6 Å². The van der Waals surface area contributed by atoms with Gasteiger partial charge in [-0.15, -0.1) is 0 Å². The molecule has 3 atom stereocenters. The lowest BCUT2D eigenvalue weighted by atomic mass is 9.81. The second-order valence-corrected chi connectivity index (χ2v) is 20.6. The summed E-state index contributed by atoms with van der Waals surface area (Å²) in [6.45, 7) is 13.4. The monoisotopic (exact) mass is 978 g/mol. The lowest BCUT2D eigenvalue weighted by Crippen LogP contribution is -2.52. The smallest absolute Gasteiger partial charge is 0.329 e. The topological polar surface area (TPSA) is 213 Å². The number of benzene rings is 4. The molecule has 0 aliphatic heterocycles. The van der Waals surface area contributed by atoms with E-state index < -0.39 is 53.3 Å². The third-order valence-corrected chi connectivity index (χ3v) is 12.1. The maximum atomic E-state index is 13.9. The highest BCUT2D eigenvalue weighted by Gasteiger charge is 2.32. The lowest BCUT2D eigenvalue weighted by molar-refractivity contribution is -0.158. The molecule has 1 aliphatic carbocycles. The average molecular weight is 978 g/mol. The standard InChI is InChI=1S/C56H75N5O10/c1-37-15-17-39(18-16-37)35-68-45-27-22-40(23-28-45)36-69-52(65)46(60-54(67)61-47(53(66)71-56(5,6)7)29-30-49(62)70-55(2,3)4)14-10-11-31-58-51(64)48(59-50(63)43-25-19-38(34-57)20-26-43)33-41-21-24-42-12-8-9-13-44(42)32-41/h8-9,12-13,15-18,21-24,27-28,32,38,43,46-48H,10-11,14,19-20,25-26,29-31,33-36,57H2,1-7H3,(H,58,64)(H,59,63)(H2,60,61,67). The van der Waals surface area contributed by atoms with Crippen molar-refractivity contribution < 1.29 is 47.7 Å². The second-order valence-electron chi connectivity index (χ2n) is 20.6. The van der Waals surface area contributed by atoms with Crippen molar-refractivity contribution in [2.75, 3.05) is 13.1 Å². The average Bonchev–Trinajstić information content (AvgIpc) is 3.32. The number of aryl methyl sites for hydroxylation is 1. The van der Waals surface area contributed by atoms with E-state index in [0.717, 1.165) is 53.1 Å². The number of nitrogens with one attached hydrogen (secondary N) is 4. The summed E-state index contributed by atoms with van der Waals surface area (Å²) in [5.74, 6) is -1.66. The lowest BCUT2D eigenvalue weighted by Gasteiger charge is -2.28. The molecule has 4 aromatic rings. The molecule has 3 unspecified atom stereocenters. The molecule has 15 heteroatoms. The highest BCUT2D eigenvalue weighted by atomic mass is 16.6. The maximum Gasteiger partial charge on any atom is 0.329 e. The van der Waals surface area contributed by atoms with Crippen molar-refractivity contribution in [1.82, 2.24) is 21.3 Å². The van der Waals surface area contributed by atoms with Gasteiger partial charge in [0.1, 0.15) is 48.3 Å². The Bertz CT molecular complexity index is 2380. The van der Waals surface area contributed by atoms with Gasteiger partial charge in [0.15, 0.2) is 0 Å². The molecule has 0 saturated heterocycles. The van der Waals surface area contributed by atoms with Crippen LogP contribution in [0, 0.1) is 18.8 Å². The van der Waals surface area contributed by atoms with Gasteiger partial charge in [-0.3, -0.25) is 14.4 Å². The predicted molar refractivity (Wildman–Crippen MR) is 273 cm³/mol. The van der Waals surface area contributed by atoms with E-state index in [-0.39, 0.29) is 50.1 Å². The van der Waals surface area contributed by atoms with E-state index in [1.54, 1.807) is 65.8 Å². The minimum absolute atomic E-state index is 0.0951. The Balaban J connectivity index is 1.23. The molecule has 71 heavy (non-hydrogen) atoms. The van der Waals surface area contributed by atoms with Gasteiger partial charge in [0.2, 0.25) is 11.8 Å². The molecular formula is C56H75N5O10. The molecule has 6 N–H and O–H groups in total. The van der Waals surface area contributed by atoms with Gasteiger partial charge in [-0.25, -0.2) is 14.4 Å². The molecule has 4 amide bonds. The summed E-state index contributed by atoms with van der Waals surface area (Å²) in [6.07, 6.45) is 4.08. The highest BCUT2D eigenvalue weighted by Crippen LogP contribution is 2.28. The molecule has 384 valence electrons. The van der Waals surface area contributed by atoms with E-state index in [1.165, 1.54) is 0 Å². The Hall–Kier alpha value is -6.48. The molecule has 1 fully saturated rings. The first-order valence-electron chi connectivity index (χ1n) is 24.9. The number of hydrogen-bond acceptors (Lipinski definition) is 11. The Morgan fingerprint density at radius 2 is 1.25 bits per heavy atom. The van der Waals surface area contributed by atoms with Crippen molar-refractivity contribution in [3.8, 4) is 5.75 Å². The fraction of sp³-hybridized carbons (Fsp3) is 0.500. The zero-order valence-electron chi connectivity index (χ0n) is 42.6. The zero-order valence-corrected chi connectivity index (χ0v) is 42.6. The number of carbonyl (C=O) groups is 6. The summed E-state index contributed by atoms with van der Waals surface area (Å²) in [6, 6.07) is 25.1. The molecule has 0 aromatic heterocycles. The van der Waals surface area contributed by atoms with E-state index in [1.807, 2.05) is 73.7 Å². The number of carbonyl (C=O) groups excluding carboxylic acids is 6. The van der Waals surface area contributed by atoms with Gasteiger partial charge in [0, 0.05) is 25.3 Å². The van der Waals surface area contributed by atoms with Crippen LogP contribution in [-0.4, -0.2) is 78.2 Å². The first kappa shape index (κ1) is 55.4. The third-order valence-electron chi connectivity index (χ3n) is 12.1. The Labute approximate surface area is 419 Å². The summed E-state index contributed by atoms with van der Waals surface area (Å²) in [5.41, 5.74) is 8.04. The Morgan fingerprint density at radius 3 is 1.90 bits per heavy atom. The molecule has 4 aromatic carbocycles. The number of hydrogen-bond donors (Lipinski definition) is 5. The highest BCUT2D eigenvalue weighted by molar-refractivity contribution is 5.90. The van der Waals surface area contributed by atoms with Gasteiger partial charge < -0.3 is 45.9 Å². The van der Waals surface area contributed by atoms with E-state index in [4.69, 9.17) is 24.7 Å². The van der Waals surface area contributed by atoms with Crippen molar-refractivity contribution in [2.24, 2.45) is 17.6 Å². The van der Waals surface area contributed by atoms with E-state index >= 15 is 0 Å². The quantitative estimate of drug-likeness (QED) is 0.0273. The SMILES string of the molecule is Cc1ccc(COc2ccc(COC(=O)C(CCCCNC(=O)C(Cc3ccc4ccccc4c3)NC(=O)C3CCC(CN)CC3)NC(=O)NC(CCC(=O)OC(C)(C)C)C(=O)OC(C)(C)C)cc2)cc1. The first-order chi connectivity index (χ1) is 33.7. The van der Waals surface area contributed by atoms with Crippen molar-refractivity contribution in [3.05, 3.63) is 113 Å². The van der Waals surface area contributed by atoms with Crippen LogP contribution in [0.25, 0.3) is 10.8 Å². The third kappa shape index (κ3) is 19.7. The van der Waals surface area contributed by atoms with Crippen molar-refractivity contribution in [3.63, 3.8) is 0 Å². The molecule has 1 saturated carbocycles. The van der Waals surface area contributed by atoms with Crippen LogP contribution in [0.5, 0.6) is 5.75 Å². The molecule has 0 bridgehead atoms. The van der Waals surface area contributed by atoms with E-state index in [2.05, 4.69) is 21.3 Å². The van der Waals surface area contributed by atoms with Crippen LogP contribution in [0.4, 0.5) is 4.79 Å². The minimum atomic E-state index is -1.25. The molecule has 1 aliphatic rings. The number of rotatable bonds is 23. The number of fused-ring (bicyclic) bond motifs is 1. The fourth-order valence-corrected chi connectivity index (χ4v) is 8.24. The maximum absolute atomic E-state index is 13.9. The molecule has 15 nitrogen and oxygen atoms in total. The summed E-state index contributed by atoms with van der Waals surface area (Å²) in [4.78, 5) is 80.8. The van der Waals surface area contributed by atoms with Gasteiger partial charge in [-0.1, -0.05) is 84.4 Å². The summed E-state index contributed by atoms with van der Waals surface area (Å²) >= 11 is 0. The van der Waals surface area contributed by atoms with Crippen LogP contribution in [-0.2, 0) is 57.8 Å². The fourth-order valence-electron chi connectivity index (χ4n) is 8.24. The summed E-state index contributed by atoms with van der Waals surface area (Å²) < 4.78 is 22.7. The van der Waals surface area contributed by atoms with Gasteiger partial charge in [-0.05, 0) is 152 Å². The van der Waals surface area contributed by atoms with Crippen LogP contribution in [0.15, 0.2) is 91.0 Å². The van der Waals surface area contributed by atoms with Crippen LogP contribution in [0.2, 0.25) is 0 Å². The van der Waals surface area contributed by atoms with Crippen LogP contribution in [0.1, 0.15) is 122 Å². The number of esters is 3. The van der Waals surface area contributed by atoms with Crippen LogP contribution in [0.3, 0.4) is 0 Å². The number of ether oxygens (including phenoxy) is 4. The van der Waals surface area contributed by atoms with Gasteiger partial charge in [0.25, 0.3) is 0 Å². The number of urea groups is 1. The molecule has 0 radical (unpaired) electrons. The van der Waals surface area contributed by atoms with Gasteiger partial charge in [-0.2, -0.15) is 0 Å². The summed E-state index contributed by atoms with van der Waals surface area (Å²) in [5, 5.41) is 13.4. The minimum Gasteiger partial charge on any atom is -0.489 e. The number of amides is 4. The molecule has 5 rings (SSSR count). The predicted octanol–water partition coefficient (Wildman–Crippen LogP) is 8.05. The number of nitrogens with two attached hydrogens (primary N) is 1. The molecule has 0 spiro atoms. The van der Waals surface area contributed by atoms with Crippen molar-refractivity contribution in [1.29, 1.82) is 0 Å². The van der Waals surface area contributed by atoms with Gasteiger partial charge in [0.05, 0.1) is 0 Å². The van der Waals surface area contributed by atoms with E-state index in [9.17, 15) is 28.8 Å². The normalized spacial score (nSPS) is 16.1. The largest absolute Gasteiger partial charge is 0.489 e. The Kier molecular flexibility index (Phi) is 20.8. The van der Waals surface area contributed by atoms with Crippen LogP contribution < -0.4 is 31.7 Å². The molecular weight excluding hydrogens is 903 g/mol. The first-order valence-corrected chi connectivity index (χ1v) is 24.9. The number of unbranched alkanes of at least 4 members (excludes halogenated alkanes) is 1. The van der Waals surface area contributed by atoms with Gasteiger partial charge >= 0.3 is 23.9 Å². The van der Waals surface area contributed by atoms with Crippen molar-refractivity contribution in [2.45, 2.75) is 155 Å². The molecule has 0 heterocycles. The van der Waals surface area contributed by atoms with Crippen LogP contribution >= 0.6 is 0 Å². The van der Waals surface area contributed by atoms with Crippen molar-refractivity contribution >= 4 is 46.5 Å². The summed E-state index contributed by atoms with van der Waals surface area (Å²) in [7, 11) is 0.